The quantitative estimate of drug-likeness (QED) is 0.651. The number of amides is 1. The molecule has 1 aromatic carbocycles. The molecule has 1 amide bonds. The van der Waals surface area contributed by atoms with E-state index in [0.717, 1.165) is 16.8 Å². The summed E-state index contributed by atoms with van der Waals surface area (Å²) in [5, 5.41) is 19.3. The van der Waals surface area contributed by atoms with Crippen LogP contribution >= 0.6 is 11.3 Å². The first-order chi connectivity index (χ1) is 13.6. The fourth-order valence-electron chi connectivity index (χ4n) is 3.31. The van der Waals surface area contributed by atoms with Gasteiger partial charge in [0.25, 0.3) is 5.91 Å². The monoisotopic (exact) mass is 398 g/mol. The molecule has 0 bridgehead atoms. The number of H-pyrrole nitrogens is 1. The van der Waals surface area contributed by atoms with Gasteiger partial charge in [-0.15, -0.1) is 11.3 Å². The van der Waals surface area contributed by atoms with Gasteiger partial charge in [0, 0.05) is 23.9 Å². The van der Waals surface area contributed by atoms with E-state index in [1.165, 1.54) is 23.3 Å². The Labute approximate surface area is 164 Å². The Morgan fingerprint density at radius 3 is 2.86 bits per heavy atom. The molecule has 0 radical (unpaired) electrons. The number of β-amino-alcohol motifs (C(OH)–C–C–N with tert-alkyl or cyclic N) is 1. The number of ether oxygens (including phenoxy) is 1. The molecular formula is C19H18N4O4S. The molecule has 1 aliphatic heterocycles. The van der Waals surface area contributed by atoms with Crippen molar-refractivity contribution in [3.05, 3.63) is 47.6 Å². The number of aliphatic hydroxyl groups excluding tert-OH is 1. The minimum atomic E-state index is -0.800. The van der Waals surface area contributed by atoms with Gasteiger partial charge in [0.2, 0.25) is 0 Å². The van der Waals surface area contributed by atoms with Gasteiger partial charge in [-0.1, -0.05) is 30.3 Å². The average Bonchev–Trinajstić information content (AvgIpc) is 3.46. The van der Waals surface area contributed by atoms with Gasteiger partial charge in [0.1, 0.15) is 16.7 Å². The molecule has 144 valence electrons. The number of hydrogen-bond acceptors (Lipinski definition) is 7. The van der Waals surface area contributed by atoms with Crippen molar-refractivity contribution in [3.8, 4) is 21.8 Å². The number of nitrogens with one attached hydrogen (secondary N) is 1. The first kappa shape index (κ1) is 18.3. The molecule has 0 saturated carbocycles. The van der Waals surface area contributed by atoms with Crippen LogP contribution in [0.15, 0.2) is 41.9 Å². The third-order valence-corrected chi connectivity index (χ3v) is 5.54. The summed E-state index contributed by atoms with van der Waals surface area (Å²) in [7, 11) is 1.26. The van der Waals surface area contributed by atoms with Crippen molar-refractivity contribution in [2.24, 2.45) is 0 Å². The summed E-state index contributed by atoms with van der Waals surface area (Å²) in [6.45, 7) is 0.0758. The van der Waals surface area contributed by atoms with Gasteiger partial charge in [-0.3, -0.25) is 9.89 Å². The summed E-state index contributed by atoms with van der Waals surface area (Å²) in [6.07, 6.45) is 1.08. The lowest BCUT2D eigenvalue weighted by molar-refractivity contribution is -0.145. The third-order valence-electron chi connectivity index (χ3n) is 4.67. The van der Waals surface area contributed by atoms with E-state index < -0.39 is 24.0 Å². The van der Waals surface area contributed by atoms with Gasteiger partial charge in [-0.25, -0.2) is 9.78 Å². The smallest absolute Gasteiger partial charge is 0.328 e. The Kier molecular flexibility index (Phi) is 4.93. The van der Waals surface area contributed by atoms with E-state index in [0.29, 0.717) is 5.01 Å². The fourth-order valence-corrected chi connectivity index (χ4v) is 4.12. The molecule has 0 spiro atoms. The number of methoxy groups -OCH3 is 1. The van der Waals surface area contributed by atoms with Crippen LogP contribution < -0.4 is 0 Å². The Hall–Kier alpha value is -3.04. The van der Waals surface area contributed by atoms with Crippen molar-refractivity contribution in [1.29, 1.82) is 0 Å². The third kappa shape index (κ3) is 3.30. The highest BCUT2D eigenvalue weighted by Gasteiger charge is 2.40. The van der Waals surface area contributed by atoms with Crippen molar-refractivity contribution in [3.63, 3.8) is 0 Å². The van der Waals surface area contributed by atoms with E-state index in [-0.39, 0.29) is 18.7 Å². The Morgan fingerprint density at radius 2 is 2.11 bits per heavy atom. The van der Waals surface area contributed by atoms with Gasteiger partial charge >= 0.3 is 5.97 Å². The van der Waals surface area contributed by atoms with Crippen LogP contribution in [0, 0.1) is 0 Å². The van der Waals surface area contributed by atoms with Crippen LogP contribution in [0.25, 0.3) is 21.8 Å². The van der Waals surface area contributed by atoms with Crippen molar-refractivity contribution in [2.75, 3.05) is 13.7 Å². The maximum atomic E-state index is 12.9. The average molecular weight is 398 g/mol. The molecule has 2 unspecified atom stereocenters. The van der Waals surface area contributed by atoms with Crippen LogP contribution in [-0.4, -0.2) is 62.9 Å². The summed E-state index contributed by atoms with van der Waals surface area (Å²) in [5.74, 6) is -0.944. The summed E-state index contributed by atoms with van der Waals surface area (Å²) >= 11 is 1.32. The van der Waals surface area contributed by atoms with E-state index >= 15 is 0 Å². The van der Waals surface area contributed by atoms with Crippen LogP contribution in [0.2, 0.25) is 0 Å². The predicted molar refractivity (Wildman–Crippen MR) is 103 cm³/mol. The molecular weight excluding hydrogens is 380 g/mol. The van der Waals surface area contributed by atoms with Gasteiger partial charge in [0.05, 0.1) is 30.7 Å². The zero-order chi connectivity index (χ0) is 19.7. The van der Waals surface area contributed by atoms with E-state index in [1.807, 2.05) is 30.3 Å². The second-order valence-corrected chi connectivity index (χ2v) is 7.31. The molecule has 2 atom stereocenters. The minimum absolute atomic E-state index is 0.0758. The van der Waals surface area contributed by atoms with Gasteiger partial charge in [-0.05, 0) is 0 Å². The van der Waals surface area contributed by atoms with Crippen molar-refractivity contribution < 1.29 is 19.4 Å². The summed E-state index contributed by atoms with van der Waals surface area (Å²) in [4.78, 5) is 30.6. The van der Waals surface area contributed by atoms with E-state index in [2.05, 4.69) is 15.2 Å². The van der Waals surface area contributed by atoms with Crippen LogP contribution in [0.5, 0.6) is 0 Å². The summed E-state index contributed by atoms with van der Waals surface area (Å²) in [5.41, 5.74) is 2.80. The van der Waals surface area contributed by atoms with Crippen LogP contribution in [-0.2, 0) is 9.53 Å². The highest BCUT2D eigenvalue weighted by atomic mass is 32.1. The molecule has 1 aliphatic rings. The van der Waals surface area contributed by atoms with Gasteiger partial charge in [-0.2, -0.15) is 5.10 Å². The number of aromatic amines is 1. The zero-order valence-electron chi connectivity index (χ0n) is 15.0. The maximum absolute atomic E-state index is 12.9. The number of esters is 1. The SMILES string of the molecule is COC(=O)C1CC(O)CN1C(=O)c1csc(-c2cn[nH]c2-c2ccccc2)n1. The molecule has 4 rings (SSSR count). The number of likely N-dealkylation sites (tertiary alicyclic amines) is 1. The number of rotatable bonds is 4. The normalized spacial score (nSPS) is 19.0. The molecule has 9 heteroatoms. The standard InChI is InChI=1S/C19H18N4O4S/c1-27-19(26)15-7-12(24)9-23(15)18(25)14-10-28-17(21-14)13-8-20-22-16(13)11-5-3-2-4-6-11/h2-6,8,10,12,15,24H,7,9H2,1H3,(H,20,22). The van der Waals surface area contributed by atoms with Gasteiger partial charge < -0.3 is 14.7 Å². The number of carbonyl (C=O) groups is 2. The van der Waals surface area contributed by atoms with Crippen molar-refractivity contribution >= 4 is 23.2 Å². The number of carbonyl (C=O) groups excluding carboxylic acids is 2. The zero-order valence-corrected chi connectivity index (χ0v) is 15.8. The second kappa shape index (κ2) is 7.53. The lowest BCUT2D eigenvalue weighted by Crippen LogP contribution is -2.41. The van der Waals surface area contributed by atoms with E-state index in [1.54, 1.807) is 11.6 Å². The van der Waals surface area contributed by atoms with E-state index in [9.17, 15) is 14.7 Å². The molecule has 1 saturated heterocycles. The second-order valence-electron chi connectivity index (χ2n) is 6.45. The fraction of sp³-hybridized carbons (Fsp3) is 0.263. The molecule has 3 aromatic rings. The number of nitrogens with zero attached hydrogens (tertiary/aromatic N) is 3. The summed E-state index contributed by atoms with van der Waals surface area (Å²) in [6, 6.07) is 8.92. The van der Waals surface area contributed by atoms with Crippen LogP contribution in [0.1, 0.15) is 16.9 Å². The largest absolute Gasteiger partial charge is 0.467 e. The number of aliphatic hydroxyl groups is 1. The minimum Gasteiger partial charge on any atom is -0.467 e. The molecule has 0 aliphatic carbocycles. The van der Waals surface area contributed by atoms with Crippen molar-refractivity contribution in [2.45, 2.75) is 18.6 Å². The van der Waals surface area contributed by atoms with Gasteiger partial charge in [0.15, 0.2) is 0 Å². The molecule has 1 fully saturated rings. The first-order valence-electron chi connectivity index (χ1n) is 8.70. The highest BCUT2D eigenvalue weighted by Crippen LogP contribution is 2.32. The highest BCUT2D eigenvalue weighted by molar-refractivity contribution is 7.13. The van der Waals surface area contributed by atoms with Crippen LogP contribution in [0.3, 0.4) is 0 Å². The molecule has 28 heavy (non-hydrogen) atoms. The number of hydrogen-bond donors (Lipinski definition) is 2. The summed E-state index contributed by atoms with van der Waals surface area (Å²) < 4.78 is 4.75. The Morgan fingerprint density at radius 1 is 1.32 bits per heavy atom. The topological polar surface area (TPSA) is 108 Å². The maximum Gasteiger partial charge on any atom is 0.328 e. The molecule has 2 N–H and O–H groups in total. The first-order valence-corrected chi connectivity index (χ1v) is 9.58. The Bertz CT molecular complexity index is 1000. The lowest BCUT2D eigenvalue weighted by Gasteiger charge is -2.21. The van der Waals surface area contributed by atoms with Crippen LogP contribution in [0.4, 0.5) is 0 Å². The molecule has 8 nitrogen and oxygen atoms in total. The van der Waals surface area contributed by atoms with Crippen molar-refractivity contribution in [1.82, 2.24) is 20.1 Å². The Balaban J connectivity index is 1.61. The number of benzene rings is 1. The molecule has 3 heterocycles. The number of thiazole rings is 1. The van der Waals surface area contributed by atoms with E-state index in [4.69, 9.17) is 4.74 Å². The molecule has 2 aromatic heterocycles. The lowest BCUT2D eigenvalue weighted by atomic mass is 10.1. The predicted octanol–water partition coefficient (Wildman–Crippen LogP) is 1.95. The number of aromatic nitrogens is 3.